The average molecular weight is 551 g/mol. The minimum Gasteiger partial charge on any atom is -0.548 e. The van der Waals surface area contributed by atoms with Crippen molar-refractivity contribution in [2.75, 3.05) is 0 Å². The van der Waals surface area contributed by atoms with Gasteiger partial charge in [-0.05, 0) is 20.8 Å². The predicted molar refractivity (Wildman–Crippen MR) is 74.0 cm³/mol. The number of aliphatic hydroxyl groups excluding tert-OH is 3. The van der Waals surface area contributed by atoms with Crippen molar-refractivity contribution < 1.29 is 67.4 Å². The van der Waals surface area contributed by atoms with E-state index in [1.54, 1.807) is 0 Å². The number of hydrogen-bond donors (Lipinski definition) is 6. The fraction of sp³-hybridized carbons (Fsp3) is 0.750. The van der Waals surface area contributed by atoms with Crippen LogP contribution in [0, 0.1) is 0 Å². The molecule has 152 valence electrons. The first-order chi connectivity index (χ1) is 10.7. The summed E-state index contributed by atoms with van der Waals surface area (Å²) in [5.41, 5.74) is 14.5. The molecule has 0 saturated heterocycles. The Morgan fingerprint density at radius 2 is 0.760 bits per heavy atom. The van der Waals surface area contributed by atoms with Crippen LogP contribution in [0.25, 0.3) is 0 Å². The molecule has 0 aromatic carbocycles. The smallest absolute Gasteiger partial charge is 0.548 e. The van der Waals surface area contributed by atoms with Crippen molar-refractivity contribution in [3.63, 3.8) is 0 Å². The zero-order valence-corrected chi connectivity index (χ0v) is 16.0. The second-order valence-corrected chi connectivity index (χ2v) is 4.76. The van der Waals surface area contributed by atoms with E-state index >= 15 is 0 Å². The van der Waals surface area contributed by atoms with Gasteiger partial charge in [0, 0.05) is 0 Å². The van der Waals surface area contributed by atoms with Crippen molar-refractivity contribution in [3.8, 4) is 0 Å². The summed E-state index contributed by atoms with van der Waals surface area (Å²) in [6.07, 6.45) is -3.12. The third kappa shape index (κ3) is 19.1. The molecule has 0 saturated carbocycles. The molecular formula is C12H24AuN3O9. The summed E-state index contributed by atoms with van der Waals surface area (Å²) >= 11 is 0. The summed E-state index contributed by atoms with van der Waals surface area (Å²) in [6.45, 7) is 3.88. The molecule has 0 aliphatic carbocycles. The van der Waals surface area contributed by atoms with Crippen LogP contribution in [0.4, 0.5) is 0 Å². The van der Waals surface area contributed by atoms with E-state index in [4.69, 9.17) is 32.5 Å². The Hall–Kier alpha value is -1.09. The Balaban J connectivity index is -0.000000130. The number of aliphatic carboxylic acids is 3. The SMILES string of the molecule is C[C@@H](O)[C@H](N)C(=O)[O-].C[C@@H](O)[C@H](N)C(=O)[O-].C[C@@H](O)[C@H](N)C(=O)[O-].[Au+3]. The standard InChI is InChI=1S/3C4H9NO3.Au/c3*1-2(6)3(5)4(7)8;/h3*2-3,6H,5H2,1H3,(H,7,8);/q;;;+3/p-3/t3*2-,3+;/m111./s1. The van der Waals surface area contributed by atoms with Gasteiger partial charge >= 0.3 is 22.4 Å². The Labute approximate surface area is 160 Å². The number of carboxylic acid groups (broad SMARTS) is 3. The van der Waals surface area contributed by atoms with Gasteiger partial charge in [0.2, 0.25) is 0 Å². The first-order valence-electron chi connectivity index (χ1n) is 6.60. The summed E-state index contributed by atoms with van der Waals surface area (Å²) < 4.78 is 0. The van der Waals surface area contributed by atoms with Crippen LogP contribution in [-0.2, 0) is 36.8 Å². The van der Waals surface area contributed by atoms with Crippen molar-refractivity contribution in [2.45, 2.75) is 57.2 Å². The first kappa shape index (κ1) is 31.7. The van der Waals surface area contributed by atoms with Crippen LogP contribution in [0.3, 0.4) is 0 Å². The molecular weight excluding hydrogens is 527 g/mol. The number of aliphatic hydroxyl groups is 3. The number of rotatable bonds is 6. The van der Waals surface area contributed by atoms with Crippen molar-refractivity contribution >= 4 is 17.9 Å². The fourth-order valence-electron chi connectivity index (χ4n) is 0.591. The van der Waals surface area contributed by atoms with Crippen molar-refractivity contribution in [1.82, 2.24) is 0 Å². The van der Waals surface area contributed by atoms with Gasteiger partial charge in [0.15, 0.2) is 0 Å². The molecule has 0 spiro atoms. The largest absolute Gasteiger partial charge is 3.00 e. The molecule has 0 fully saturated rings. The molecule has 0 radical (unpaired) electrons. The summed E-state index contributed by atoms with van der Waals surface area (Å²) in [5.74, 6) is -4.29. The maximum Gasteiger partial charge on any atom is 3.00 e. The molecule has 0 rings (SSSR count). The van der Waals surface area contributed by atoms with Crippen molar-refractivity contribution in [1.29, 1.82) is 0 Å². The third-order valence-corrected chi connectivity index (χ3v) is 2.38. The van der Waals surface area contributed by atoms with E-state index in [0.29, 0.717) is 0 Å². The third-order valence-electron chi connectivity index (χ3n) is 2.38. The number of carboxylic acids is 3. The van der Waals surface area contributed by atoms with Gasteiger partial charge in [0.05, 0.1) is 54.3 Å². The Morgan fingerprint density at radius 3 is 0.760 bits per heavy atom. The number of hydrogen-bond acceptors (Lipinski definition) is 12. The Bertz CT molecular complexity index is 337. The van der Waals surface area contributed by atoms with Gasteiger partial charge in [-0.25, -0.2) is 0 Å². The minimum atomic E-state index is -1.43. The maximum absolute atomic E-state index is 9.74. The molecule has 0 aromatic rings. The van der Waals surface area contributed by atoms with E-state index in [0.717, 1.165) is 0 Å². The molecule has 25 heavy (non-hydrogen) atoms. The molecule has 9 N–H and O–H groups in total. The molecule has 0 aromatic heterocycles. The molecule has 0 amide bonds. The topological polar surface area (TPSA) is 259 Å². The number of nitrogens with two attached hydrogens (primary N) is 3. The van der Waals surface area contributed by atoms with Crippen LogP contribution in [0.5, 0.6) is 0 Å². The maximum atomic E-state index is 9.74. The number of carbonyl (C=O) groups excluding carboxylic acids is 3. The van der Waals surface area contributed by atoms with Crippen LogP contribution in [0.2, 0.25) is 0 Å². The second-order valence-electron chi connectivity index (χ2n) is 4.76. The molecule has 0 aliphatic rings. The predicted octanol–water partition coefficient (Wildman–Crippen LogP) is -7.67. The first-order valence-corrected chi connectivity index (χ1v) is 6.60. The molecule has 13 heteroatoms. The van der Waals surface area contributed by atoms with Crippen molar-refractivity contribution in [3.05, 3.63) is 0 Å². The summed E-state index contributed by atoms with van der Waals surface area (Å²) in [5, 5.41) is 54.6. The van der Waals surface area contributed by atoms with Gasteiger partial charge in [-0.1, -0.05) is 0 Å². The Kier molecular flexibility index (Phi) is 20.7. The Morgan fingerprint density at radius 1 is 0.640 bits per heavy atom. The minimum absolute atomic E-state index is 0. The van der Waals surface area contributed by atoms with E-state index < -0.39 is 54.3 Å². The van der Waals surface area contributed by atoms with Gasteiger partial charge in [0.1, 0.15) is 0 Å². The quantitative estimate of drug-likeness (QED) is 0.168. The van der Waals surface area contributed by atoms with Gasteiger partial charge in [0.25, 0.3) is 0 Å². The monoisotopic (exact) mass is 551 g/mol. The number of carbonyl (C=O) groups is 3. The molecule has 6 atom stereocenters. The van der Waals surface area contributed by atoms with E-state index in [1.807, 2.05) is 0 Å². The molecule has 0 aliphatic heterocycles. The van der Waals surface area contributed by atoms with Crippen molar-refractivity contribution in [2.24, 2.45) is 17.2 Å². The van der Waals surface area contributed by atoms with Gasteiger partial charge < -0.3 is 62.2 Å². The van der Waals surface area contributed by atoms with E-state index in [9.17, 15) is 29.7 Å². The van der Waals surface area contributed by atoms with Gasteiger partial charge in [-0.3, -0.25) is 0 Å². The van der Waals surface area contributed by atoms with E-state index in [1.165, 1.54) is 20.8 Å². The summed E-state index contributed by atoms with van der Waals surface area (Å²) in [7, 11) is 0. The van der Waals surface area contributed by atoms with Crippen LogP contribution >= 0.6 is 0 Å². The van der Waals surface area contributed by atoms with Crippen LogP contribution in [0.15, 0.2) is 0 Å². The van der Waals surface area contributed by atoms with E-state index in [2.05, 4.69) is 0 Å². The summed E-state index contributed by atoms with van der Waals surface area (Å²) in [4.78, 5) is 29.2. The zero-order chi connectivity index (χ0) is 20.2. The molecule has 0 bridgehead atoms. The molecule has 0 heterocycles. The van der Waals surface area contributed by atoms with E-state index in [-0.39, 0.29) is 22.4 Å². The molecule has 0 unspecified atom stereocenters. The zero-order valence-electron chi connectivity index (χ0n) is 13.8. The normalized spacial score (nSPS) is 16.7. The molecule has 12 nitrogen and oxygen atoms in total. The van der Waals surface area contributed by atoms with Crippen LogP contribution in [0.1, 0.15) is 20.8 Å². The second kappa shape index (κ2) is 16.4. The fourth-order valence-corrected chi connectivity index (χ4v) is 0.591. The van der Waals surface area contributed by atoms with Gasteiger partial charge in [-0.15, -0.1) is 0 Å². The van der Waals surface area contributed by atoms with Crippen LogP contribution < -0.4 is 32.5 Å². The van der Waals surface area contributed by atoms with Gasteiger partial charge in [-0.2, -0.15) is 0 Å². The van der Waals surface area contributed by atoms with Crippen LogP contribution in [-0.4, -0.2) is 69.7 Å². The summed E-state index contributed by atoms with van der Waals surface area (Å²) in [6, 6.07) is -3.81. The average Bonchev–Trinajstić information content (AvgIpc) is 2.45.